The maximum Gasteiger partial charge on any atom is 0.408 e. The molecule has 6 nitrogen and oxygen atoms in total. The summed E-state index contributed by atoms with van der Waals surface area (Å²) >= 11 is 0. The summed E-state index contributed by atoms with van der Waals surface area (Å²) in [5.41, 5.74) is -0.123. The van der Waals surface area contributed by atoms with E-state index < -0.39 is 11.7 Å². The molecule has 0 fully saturated rings. The number of alkyl carbamates (subject to hydrolysis) is 1. The lowest BCUT2D eigenvalue weighted by molar-refractivity contribution is 0.0519. The Labute approximate surface area is 93.6 Å². The summed E-state index contributed by atoms with van der Waals surface area (Å²) in [6.45, 7) is 5.26. The summed E-state index contributed by atoms with van der Waals surface area (Å²) in [5, 5.41) is 11.4. The average Bonchev–Trinajstić information content (AvgIpc) is 2.59. The van der Waals surface area contributed by atoms with Crippen molar-refractivity contribution in [1.29, 1.82) is 0 Å². The van der Waals surface area contributed by atoms with Gasteiger partial charge in [-0.2, -0.15) is 0 Å². The van der Waals surface area contributed by atoms with Crippen LogP contribution in [0.25, 0.3) is 0 Å². The van der Waals surface area contributed by atoms with Gasteiger partial charge in [-0.15, -0.1) is 0 Å². The van der Waals surface area contributed by atoms with Crippen LogP contribution in [-0.4, -0.2) is 21.8 Å². The average molecular weight is 228 g/mol. The molecule has 0 atom stereocenters. The molecule has 1 amide bonds. The fourth-order valence-electron chi connectivity index (χ4n) is 1.03. The Kier molecular flexibility index (Phi) is 3.89. The van der Waals surface area contributed by atoms with Crippen molar-refractivity contribution in [2.75, 3.05) is 0 Å². The van der Waals surface area contributed by atoms with Crippen molar-refractivity contribution in [3.05, 3.63) is 17.8 Å². The van der Waals surface area contributed by atoms with Gasteiger partial charge in [-0.3, -0.25) is 0 Å². The first-order chi connectivity index (χ1) is 7.42. The predicted octanol–water partition coefficient (Wildman–Crippen LogP) is 1.19. The van der Waals surface area contributed by atoms with Crippen LogP contribution in [0.1, 0.15) is 32.2 Å². The van der Waals surface area contributed by atoms with Gasteiger partial charge in [-0.1, -0.05) is 0 Å². The van der Waals surface area contributed by atoms with Gasteiger partial charge in [-0.05, 0) is 20.8 Å². The van der Waals surface area contributed by atoms with E-state index in [-0.39, 0.29) is 13.2 Å². The van der Waals surface area contributed by atoms with Crippen LogP contribution < -0.4 is 5.32 Å². The van der Waals surface area contributed by atoms with Crippen molar-refractivity contribution in [3.8, 4) is 0 Å². The molecule has 0 aromatic carbocycles. The van der Waals surface area contributed by atoms with Crippen LogP contribution in [0.2, 0.25) is 0 Å². The molecule has 1 rings (SSSR count). The van der Waals surface area contributed by atoms with Gasteiger partial charge in [0.2, 0.25) is 0 Å². The summed E-state index contributed by atoms with van der Waals surface area (Å²) in [7, 11) is 0. The zero-order valence-electron chi connectivity index (χ0n) is 9.61. The molecule has 0 saturated heterocycles. The molecule has 0 saturated carbocycles. The van der Waals surface area contributed by atoms with Crippen LogP contribution in [0.5, 0.6) is 0 Å². The molecule has 1 heterocycles. The molecular weight excluding hydrogens is 212 g/mol. The second-order valence-corrected chi connectivity index (χ2v) is 4.24. The summed E-state index contributed by atoms with van der Waals surface area (Å²) in [5.74, 6) is 0.424. The van der Waals surface area contributed by atoms with Gasteiger partial charge >= 0.3 is 6.09 Å². The number of aliphatic hydroxyl groups excluding tert-OH is 1. The summed E-state index contributed by atoms with van der Waals surface area (Å²) in [6.07, 6.45) is 0.685. The second kappa shape index (κ2) is 4.98. The monoisotopic (exact) mass is 228 g/mol. The third kappa shape index (κ3) is 3.90. The SMILES string of the molecule is CC(C)(C)OC(=O)NCc1ocnc1CO. The molecule has 0 unspecified atom stereocenters. The highest BCUT2D eigenvalue weighted by atomic mass is 16.6. The smallest absolute Gasteiger partial charge is 0.408 e. The van der Waals surface area contributed by atoms with Crippen molar-refractivity contribution in [3.63, 3.8) is 0 Å². The van der Waals surface area contributed by atoms with E-state index in [2.05, 4.69) is 10.3 Å². The number of amides is 1. The number of nitrogens with one attached hydrogen (secondary N) is 1. The third-order valence-electron chi connectivity index (χ3n) is 1.67. The maximum atomic E-state index is 11.3. The van der Waals surface area contributed by atoms with E-state index in [1.54, 1.807) is 20.8 Å². The van der Waals surface area contributed by atoms with Crippen LogP contribution in [0, 0.1) is 0 Å². The van der Waals surface area contributed by atoms with E-state index in [0.717, 1.165) is 0 Å². The second-order valence-electron chi connectivity index (χ2n) is 4.24. The van der Waals surface area contributed by atoms with Crippen molar-refractivity contribution < 1.29 is 19.1 Å². The van der Waals surface area contributed by atoms with E-state index in [4.69, 9.17) is 14.3 Å². The Balaban J connectivity index is 2.43. The fourth-order valence-corrected chi connectivity index (χ4v) is 1.03. The number of rotatable bonds is 3. The predicted molar refractivity (Wildman–Crippen MR) is 55.5 cm³/mol. The Hall–Kier alpha value is -1.56. The van der Waals surface area contributed by atoms with E-state index in [9.17, 15) is 4.79 Å². The zero-order valence-corrected chi connectivity index (χ0v) is 9.61. The lowest BCUT2D eigenvalue weighted by atomic mass is 10.2. The molecule has 0 spiro atoms. The van der Waals surface area contributed by atoms with E-state index in [1.165, 1.54) is 6.39 Å². The van der Waals surface area contributed by atoms with Crippen LogP contribution in [0.3, 0.4) is 0 Å². The molecule has 0 aliphatic heterocycles. The van der Waals surface area contributed by atoms with E-state index in [1.807, 2.05) is 0 Å². The van der Waals surface area contributed by atoms with Gasteiger partial charge in [0.1, 0.15) is 17.1 Å². The highest BCUT2D eigenvalue weighted by Crippen LogP contribution is 2.08. The third-order valence-corrected chi connectivity index (χ3v) is 1.67. The first-order valence-corrected chi connectivity index (χ1v) is 4.91. The van der Waals surface area contributed by atoms with Gasteiger partial charge < -0.3 is 19.6 Å². The van der Waals surface area contributed by atoms with Crippen LogP contribution >= 0.6 is 0 Å². The Morgan fingerprint density at radius 3 is 2.88 bits per heavy atom. The normalized spacial score (nSPS) is 11.2. The van der Waals surface area contributed by atoms with Crippen LogP contribution in [0.15, 0.2) is 10.8 Å². The molecule has 90 valence electrons. The van der Waals surface area contributed by atoms with Crippen molar-refractivity contribution in [2.45, 2.75) is 39.5 Å². The molecule has 1 aromatic heterocycles. The van der Waals surface area contributed by atoms with Crippen LogP contribution in [-0.2, 0) is 17.9 Å². The standard InChI is InChI=1S/C10H16N2O4/c1-10(2,3)16-9(14)11-4-8-7(5-13)12-6-15-8/h6,13H,4-5H2,1-3H3,(H,11,14). The fraction of sp³-hybridized carbons (Fsp3) is 0.600. The number of hydrogen-bond acceptors (Lipinski definition) is 5. The zero-order chi connectivity index (χ0) is 12.2. The number of hydrogen-bond donors (Lipinski definition) is 2. The minimum atomic E-state index is -0.536. The molecule has 2 N–H and O–H groups in total. The molecule has 16 heavy (non-hydrogen) atoms. The molecule has 0 aliphatic rings. The highest BCUT2D eigenvalue weighted by Gasteiger charge is 2.16. The number of nitrogens with zero attached hydrogens (tertiary/aromatic N) is 1. The number of carbonyl (C=O) groups is 1. The topological polar surface area (TPSA) is 84.6 Å². The molecule has 0 radical (unpaired) electrons. The van der Waals surface area contributed by atoms with Gasteiger partial charge in [0.25, 0.3) is 0 Å². The molecule has 1 aromatic rings. The number of oxazole rings is 1. The minimum Gasteiger partial charge on any atom is -0.446 e. The van der Waals surface area contributed by atoms with Gasteiger partial charge in [0.15, 0.2) is 6.39 Å². The quantitative estimate of drug-likeness (QED) is 0.811. The number of aromatic nitrogens is 1. The number of aliphatic hydroxyl groups is 1. The van der Waals surface area contributed by atoms with Crippen LogP contribution in [0.4, 0.5) is 4.79 Å². The van der Waals surface area contributed by atoms with Gasteiger partial charge in [0, 0.05) is 0 Å². The van der Waals surface area contributed by atoms with E-state index in [0.29, 0.717) is 11.5 Å². The highest BCUT2D eigenvalue weighted by molar-refractivity contribution is 5.67. The molecule has 6 heteroatoms. The first kappa shape index (κ1) is 12.5. The van der Waals surface area contributed by atoms with E-state index >= 15 is 0 Å². The minimum absolute atomic E-state index is 0.144. The summed E-state index contributed by atoms with van der Waals surface area (Å²) in [4.78, 5) is 15.1. The Bertz CT molecular complexity index is 354. The lowest BCUT2D eigenvalue weighted by Gasteiger charge is -2.19. The first-order valence-electron chi connectivity index (χ1n) is 4.91. The lowest BCUT2D eigenvalue weighted by Crippen LogP contribution is -2.32. The Morgan fingerprint density at radius 2 is 2.31 bits per heavy atom. The van der Waals surface area contributed by atoms with Gasteiger partial charge in [-0.25, -0.2) is 9.78 Å². The van der Waals surface area contributed by atoms with Gasteiger partial charge in [0.05, 0.1) is 13.2 Å². The summed E-state index contributed by atoms with van der Waals surface area (Å²) in [6, 6.07) is 0. The Morgan fingerprint density at radius 1 is 1.62 bits per heavy atom. The summed E-state index contributed by atoms with van der Waals surface area (Å²) < 4.78 is 10.0. The number of ether oxygens (including phenoxy) is 1. The molecule has 0 bridgehead atoms. The largest absolute Gasteiger partial charge is 0.446 e. The van der Waals surface area contributed by atoms with Crippen molar-refractivity contribution in [1.82, 2.24) is 10.3 Å². The number of carbonyl (C=O) groups excluding carboxylic acids is 1. The maximum absolute atomic E-state index is 11.3. The van der Waals surface area contributed by atoms with Crippen molar-refractivity contribution in [2.24, 2.45) is 0 Å². The molecular formula is C10H16N2O4. The van der Waals surface area contributed by atoms with Crippen molar-refractivity contribution >= 4 is 6.09 Å². The molecule has 0 aliphatic carbocycles.